The fraction of sp³-hybridized carbons (Fsp3) is 0.250. The first-order chi connectivity index (χ1) is 14.1. The number of carboxylic acids is 1. The van der Waals surface area contributed by atoms with Crippen LogP contribution in [-0.2, 0) is 26.0 Å². The summed E-state index contributed by atoms with van der Waals surface area (Å²) in [5.74, 6) is -2.67. The number of primary sulfonamides is 1. The highest BCUT2D eigenvalue weighted by atomic mass is 32.2. The van der Waals surface area contributed by atoms with Gasteiger partial charge in [-0.25, -0.2) is 13.6 Å². The maximum absolute atomic E-state index is 12.6. The number of aromatic amines is 1. The summed E-state index contributed by atoms with van der Waals surface area (Å²) >= 11 is 0. The minimum absolute atomic E-state index is 0.131. The molecule has 0 saturated heterocycles. The Hall–Kier alpha value is -3.24. The molecule has 156 valence electrons. The number of aryl methyl sites for hydroxylation is 1. The van der Waals surface area contributed by atoms with Crippen molar-refractivity contribution in [3.63, 3.8) is 0 Å². The number of rotatable bonds is 4. The number of H-pyrrole nitrogens is 1. The fourth-order valence-corrected chi connectivity index (χ4v) is 4.51. The molecule has 5 N–H and O–H groups in total. The number of nitrogens with two attached hydrogens (primary N) is 1. The van der Waals surface area contributed by atoms with E-state index in [0.717, 1.165) is 0 Å². The smallest absolute Gasteiger partial charge is 0.310 e. The van der Waals surface area contributed by atoms with Crippen molar-refractivity contribution in [3.8, 4) is 0 Å². The third kappa shape index (κ3) is 3.23. The number of sulfonamides is 1. The number of Topliss-reactive ketones (excluding diaryl/α,β-unsaturated/α-hetero) is 1. The highest BCUT2D eigenvalue weighted by molar-refractivity contribution is 7.89. The van der Waals surface area contributed by atoms with Gasteiger partial charge in [0, 0.05) is 40.2 Å². The number of hydrogen-bond acceptors (Lipinski definition) is 5. The van der Waals surface area contributed by atoms with E-state index in [1.54, 1.807) is 0 Å². The zero-order valence-electron chi connectivity index (χ0n) is 16.0. The van der Waals surface area contributed by atoms with Crippen LogP contribution in [0.15, 0.2) is 23.1 Å². The van der Waals surface area contributed by atoms with Gasteiger partial charge >= 0.3 is 5.97 Å². The lowest BCUT2D eigenvalue weighted by Gasteiger charge is -2.14. The summed E-state index contributed by atoms with van der Waals surface area (Å²) in [5, 5.41) is 17.4. The Morgan fingerprint density at radius 3 is 2.67 bits per heavy atom. The average Bonchev–Trinajstić information content (AvgIpc) is 3.18. The Bertz CT molecular complexity index is 1260. The van der Waals surface area contributed by atoms with Gasteiger partial charge in [0.25, 0.3) is 5.91 Å². The van der Waals surface area contributed by atoms with Crippen LogP contribution < -0.4 is 10.5 Å². The standard InChI is InChI=1S/C20H19N3O6S/c1-9(20(26)27)17-15(22-14-3-2-4-16(24)18(14)17)8-12-11-7-10(30(21,28)29)5-6-13(11)23-19(12)25/h5-9,22H,2-4H2,1H3,(H,23,25)(H,26,27)(H2,21,28,29)/b12-8-. The van der Waals surface area contributed by atoms with Crippen molar-refractivity contribution in [2.45, 2.75) is 37.0 Å². The van der Waals surface area contributed by atoms with Crippen LogP contribution in [0.25, 0.3) is 11.6 Å². The van der Waals surface area contributed by atoms with Gasteiger partial charge in [0.1, 0.15) is 0 Å². The molecule has 1 aliphatic heterocycles. The Labute approximate surface area is 172 Å². The Morgan fingerprint density at radius 2 is 2.00 bits per heavy atom. The summed E-state index contributed by atoms with van der Waals surface area (Å²) < 4.78 is 23.4. The van der Waals surface area contributed by atoms with Gasteiger partial charge < -0.3 is 15.4 Å². The molecule has 0 spiro atoms. The highest BCUT2D eigenvalue weighted by Gasteiger charge is 2.32. The molecule has 30 heavy (non-hydrogen) atoms. The number of hydrogen-bond donors (Lipinski definition) is 4. The van der Waals surface area contributed by atoms with Gasteiger partial charge in [0.2, 0.25) is 10.0 Å². The quantitative estimate of drug-likeness (QED) is 0.543. The van der Waals surface area contributed by atoms with Crippen LogP contribution in [0.3, 0.4) is 0 Å². The number of ketones is 1. The molecule has 2 heterocycles. The van der Waals surface area contributed by atoms with E-state index >= 15 is 0 Å². The predicted octanol–water partition coefficient (Wildman–Crippen LogP) is 1.86. The molecule has 1 atom stereocenters. The Morgan fingerprint density at radius 1 is 1.27 bits per heavy atom. The third-order valence-electron chi connectivity index (χ3n) is 5.45. The predicted molar refractivity (Wildman–Crippen MR) is 108 cm³/mol. The second-order valence-electron chi connectivity index (χ2n) is 7.41. The molecule has 0 radical (unpaired) electrons. The molecule has 1 unspecified atom stereocenters. The number of aromatic nitrogens is 1. The van der Waals surface area contributed by atoms with Crippen LogP contribution in [0.1, 0.15) is 58.6 Å². The maximum Gasteiger partial charge on any atom is 0.310 e. The lowest BCUT2D eigenvalue weighted by atomic mass is 9.87. The summed E-state index contributed by atoms with van der Waals surface area (Å²) in [6, 6.07) is 4.03. The van der Waals surface area contributed by atoms with Crippen LogP contribution in [-0.4, -0.2) is 36.2 Å². The van der Waals surface area contributed by atoms with Gasteiger partial charge in [-0.05, 0) is 44.0 Å². The second-order valence-corrected chi connectivity index (χ2v) is 8.97. The molecule has 9 nitrogen and oxygen atoms in total. The van der Waals surface area contributed by atoms with Crippen molar-refractivity contribution >= 4 is 45.0 Å². The average molecular weight is 429 g/mol. The molecule has 0 saturated carbocycles. The van der Waals surface area contributed by atoms with Gasteiger partial charge in [-0.15, -0.1) is 0 Å². The maximum atomic E-state index is 12.6. The number of carboxylic acid groups (broad SMARTS) is 1. The van der Waals surface area contributed by atoms with E-state index in [9.17, 15) is 27.9 Å². The van der Waals surface area contributed by atoms with Crippen LogP contribution >= 0.6 is 0 Å². The lowest BCUT2D eigenvalue weighted by Crippen LogP contribution is -2.15. The van der Waals surface area contributed by atoms with Crippen LogP contribution in [0, 0.1) is 0 Å². The van der Waals surface area contributed by atoms with Crippen molar-refractivity contribution < 1.29 is 27.9 Å². The third-order valence-corrected chi connectivity index (χ3v) is 6.36. The van der Waals surface area contributed by atoms with Gasteiger partial charge in [0.05, 0.1) is 16.4 Å². The summed E-state index contributed by atoms with van der Waals surface area (Å²) in [5.41, 5.74) is 2.61. The van der Waals surface area contributed by atoms with Crippen LogP contribution in [0.2, 0.25) is 0 Å². The number of amides is 1. The van der Waals surface area contributed by atoms with E-state index in [0.29, 0.717) is 53.0 Å². The van der Waals surface area contributed by atoms with E-state index < -0.39 is 27.8 Å². The molecular formula is C20H19N3O6S. The molecule has 10 heteroatoms. The van der Waals surface area contributed by atoms with Gasteiger partial charge in [0.15, 0.2) is 5.78 Å². The first-order valence-corrected chi connectivity index (χ1v) is 10.8. The molecule has 4 rings (SSSR count). The zero-order valence-corrected chi connectivity index (χ0v) is 16.8. The van der Waals surface area contributed by atoms with Crippen molar-refractivity contribution in [2.75, 3.05) is 5.32 Å². The molecule has 0 fully saturated rings. The van der Waals surface area contributed by atoms with Gasteiger partial charge in [-0.1, -0.05) is 0 Å². The Balaban J connectivity index is 1.92. The number of fused-ring (bicyclic) bond motifs is 2. The number of carbonyl (C=O) groups excluding carboxylic acids is 2. The highest BCUT2D eigenvalue weighted by Crippen LogP contribution is 2.38. The normalized spacial score (nSPS) is 18.1. The van der Waals surface area contributed by atoms with Crippen molar-refractivity contribution in [3.05, 3.63) is 46.3 Å². The molecule has 2 aliphatic rings. The number of nitrogens with one attached hydrogen (secondary N) is 2. The second kappa shape index (κ2) is 6.92. The molecule has 1 aromatic carbocycles. The first kappa shape index (κ1) is 20.0. The van der Waals surface area contributed by atoms with E-state index in [-0.39, 0.29) is 16.3 Å². The zero-order chi connectivity index (χ0) is 21.8. The molecule has 1 aliphatic carbocycles. The van der Waals surface area contributed by atoms with E-state index in [1.165, 1.54) is 31.2 Å². The molecular weight excluding hydrogens is 410 g/mol. The van der Waals surface area contributed by atoms with E-state index in [4.69, 9.17) is 5.14 Å². The number of aliphatic carboxylic acids is 1. The van der Waals surface area contributed by atoms with Crippen molar-refractivity contribution in [1.82, 2.24) is 4.98 Å². The fourth-order valence-electron chi connectivity index (χ4n) is 3.97. The number of carbonyl (C=O) groups is 3. The molecule has 1 aromatic heterocycles. The summed E-state index contributed by atoms with van der Waals surface area (Å²) in [6.07, 6.45) is 3.06. The summed E-state index contributed by atoms with van der Waals surface area (Å²) in [4.78, 5) is 39.7. The molecule has 0 bridgehead atoms. The number of anilines is 1. The monoisotopic (exact) mass is 429 g/mol. The van der Waals surface area contributed by atoms with Crippen molar-refractivity contribution in [1.29, 1.82) is 0 Å². The Kier molecular flexibility index (Phi) is 4.63. The largest absolute Gasteiger partial charge is 0.481 e. The topological polar surface area (TPSA) is 159 Å². The summed E-state index contributed by atoms with van der Waals surface area (Å²) in [7, 11) is -3.98. The minimum atomic E-state index is -3.98. The number of benzene rings is 1. The van der Waals surface area contributed by atoms with Gasteiger partial charge in [-0.3, -0.25) is 14.4 Å². The molecule has 1 amide bonds. The van der Waals surface area contributed by atoms with Crippen LogP contribution in [0.5, 0.6) is 0 Å². The van der Waals surface area contributed by atoms with E-state index in [1.807, 2.05) is 0 Å². The lowest BCUT2D eigenvalue weighted by molar-refractivity contribution is -0.138. The SMILES string of the molecule is CC(C(=O)O)c1c(/C=C2\C(=O)Nc3ccc(S(N)(=O)=O)cc32)[nH]c2c1C(=O)CCC2. The van der Waals surface area contributed by atoms with E-state index in [2.05, 4.69) is 10.3 Å². The molecule has 2 aromatic rings. The van der Waals surface area contributed by atoms with Crippen molar-refractivity contribution in [2.24, 2.45) is 5.14 Å². The van der Waals surface area contributed by atoms with Gasteiger partial charge in [-0.2, -0.15) is 0 Å². The van der Waals surface area contributed by atoms with Crippen LogP contribution in [0.4, 0.5) is 5.69 Å². The minimum Gasteiger partial charge on any atom is -0.481 e. The first-order valence-electron chi connectivity index (χ1n) is 9.29. The summed E-state index contributed by atoms with van der Waals surface area (Å²) in [6.45, 7) is 1.48.